The van der Waals surface area contributed by atoms with E-state index < -0.39 is 12.2 Å². The van der Waals surface area contributed by atoms with E-state index in [4.69, 9.17) is 4.74 Å². The van der Waals surface area contributed by atoms with Crippen LogP contribution in [-0.4, -0.2) is 50.2 Å². The topological polar surface area (TPSA) is 91.9 Å². The predicted octanol–water partition coefficient (Wildman–Crippen LogP) is 1.76. The fourth-order valence-electron chi connectivity index (χ4n) is 3.45. The Morgan fingerprint density at radius 3 is 2.77 bits per heavy atom. The van der Waals surface area contributed by atoms with E-state index in [0.29, 0.717) is 17.9 Å². The first kappa shape index (κ1) is 16.8. The predicted molar refractivity (Wildman–Crippen MR) is 97.9 cm³/mol. The molecule has 3 N–H and O–H groups in total. The second kappa shape index (κ2) is 6.59. The number of benzene rings is 1. The third-order valence-corrected chi connectivity index (χ3v) is 4.88. The second-order valence-corrected chi connectivity index (χ2v) is 6.56. The van der Waals surface area contributed by atoms with Crippen LogP contribution in [0.25, 0.3) is 16.9 Å². The quantitative estimate of drug-likeness (QED) is 0.662. The number of aliphatic hydroxyl groups excluding tert-OH is 2. The van der Waals surface area contributed by atoms with Crippen LogP contribution in [0.5, 0.6) is 5.75 Å². The number of rotatable bonds is 4. The highest BCUT2D eigenvalue weighted by molar-refractivity contribution is 5.71. The lowest BCUT2D eigenvalue weighted by atomic mass is 10.1. The molecule has 2 aromatic heterocycles. The van der Waals surface area contributed by atoms with Crippen molar-refractivity contribution in [2.45, 2.75) is 24.7 Å². The van der Waals surface area contributed by atoms with Gasteiger partial charge in [0, 0.05) is 17.8 Å². The van der Waals surface area contributed by atoms with Gasteiger partial charge in [0.1, 0.15) is 17.7 Å². The van der Waals surface area contributed by atoms with E-state index in [1.54, 1.807) is 23.9 Å². The van der Waals surface area contributed by atoms with Crippen molar-refractivity contribution in [3.8, 4) is 17.0 Å². The highest BCUT2D eigenvalue weighted by atomic mass is 16.5. The molecule has 0 aliphatic heterocycles. The lowest BCUT2D eigenvalue weighted by Gasteiger charge is -2.19. The summed E-state index contributed by atoms with van der Waals surface area (Å²) in [5.41, 5.74) is 2.29. The zero-order valence-electron chi connectivity index (χ0n) is 14.4. The SMILES string of the molecule is [CH2][C@@H]1C[C@@H](Nc2ccnc3cc(-c4ccccc4OC)nn23)[C@H](O)[C@@H]1O. The van der Waals surface area contributed by atoms with Crippen LogP contribution in [0.3, 0.4) is 0 Å². The number of nitrogens with one attached hydrogen (secondary N) is 1. The molecule has 1 aliphatic carbocycles. The van der Waals surface area contributed by atoms with Crippen LogP contribution in [0.4, 0.5) is 5.82 Å². The summed E-state index contributed by atoms with van der Waals surface area (Å²) < 4.78 is 7.11. The molecule has 0 unspecified atom stereocenters. The first-order valence-corrected chi connectivity index (χ1v) is 8.52. The van der Waals surface area contributed by atoms with Crippen LogP contribution >= 0.6 is 0 Å². The number of hydrogen-bond acceptors (Lipinski definition) is 6. The van der Waals surface area contributed by atoms with E-state index in [1.807, 2.05) is 30.3 Å². The van der Waals surface area contributed by atoms with Gasteiger partial charge >= 0.3 is 0 Å². The zero-order valence-corrected chi connectivity index (χ0v) is 14.4. The number of anilines is 1. The maximum Gasteiger partial charge on any atom is 0.157 e. The number of fused-ring (bicyclic) bond motifs is 1. The molecule has 1 radical (unpaired) electrons. The van der Waals surface area contributed by atoms with E-state index in [-0.39, 0.29) is 12.0 Å². The third-order valence-electron chi connectivity index (χ3n) is 4.88. The molecule has 4 atom stereocenters. The highest BCUT2D eigenvalue weighted by Crippen LogP contribution is 2.31. The molecule has 1 saturated carbocycles. The van der Waals surface area contributed by atoms with Crippen molar-refractivity contribution in [2.24, 2.45) is 5.92 Å². The molecule has 26 heavy (non-hydrogen) atoms. The van der Waals surface area contributed by atoms with E-state index in [0.717, 1.165) is 17.0 Å². The van der Waals surface area contributed by atoms with E-state index in [2.05, 4.69) is 22.3 Å². The molecule has 3 aromatic rings. The molecule has 0 saturated heterocycles. The summed E-state index contributed by atoms with van der Waals surface area (Å²) in [6.07, 6.45) is 0.564. The Morgan fingerprint density at radius 2 is 2.04 bits per heavy atom. The molecule has 1 fully saturated rings. The van der Waals surface area contributed by atoms with Gasteiger partial charge in [0.15, 0.2) is 5.65 Å². The van der Waals surface area contributed by atoms with Crippen molar-refractivity contribution in [3.63, 3.8) is 0 Å². The summed E-state index contributed by atoms with van der Waals surface area (Å²) in [4.78, 5) is 4.36. The summed E-state index contributed by atoms with van der Waals surface area (Å²) in [6.45, 7) is 3.89. The van der Waals surface area contributed by atoms with Crippen LogP contribution in [0.15, 0.2) is 42.6 Å². The molecule has 0 amide bonds. The van der Waals surface area contributed by atoms with Gasteiger partial charge in [-0.1, -0.05) is 12.1 Å². The molecule has 2 heterocycles. The fourth-order valence-corrected chi connectivity index (χ4v) is 3.45. The highest BCUT2D eigenvalue weighted by Gasteiger charge is 2.39. The Kier molecular flexibility index (Phi) is 4.26. The van der Waals surface area contributed by atoms with E-state index in [1.165, 1.54) is 0 Å². The Morgan fingerprint density at radius 1 is 1.23 bits per heavy atom. The average Bonchev–Trinajstić information content (AvgIpc) is 3.20. The normalized spacial score (nSPS) is 25.5. The van der Waals surface area contributed by atoms with Crippen LogP contribution in [0.2, 0.25) is 0 Å². The van der Waals surface area contributed by atoms with Crippen molar-refractivity contribution < 1.29 is 14.9 Å². The van der Waals surface area contributed by atoms with Crippen LogP contribution in [-0.2, 0) is 0 Å². The van der Waals surface area contributed by atoms with Gasteiger partial charge in [-0.15, -0.1) is 0 Å². The Labute approximate surface area is 151 Å². The number of nitrogens with zero attached hydrogens (tertiary/aromatic N) is 3. The van der Waals surface area contributed by atoms with Crippen LogP contribution in [0.1, 0.15) is 6.42 Å². The molecular weight excluding hydrogens is 332 g/mol. The minimum Gasteiger partial charge on any atom is -0.496 e. The maximum atomic E-state index is 10.2. The Hall–Kier alpha value is -2.64. The number of hydrogen-bond donors (Lipinski definition) is 3. The van der Waals surface area contributed by atoms with Crippen LogP contribution < -0.4 is 10.1 Å². The molecule has 1 aliphatic rings. The van der Waals surface area contributed by atoms with Crippen molar-refractivity contribution in [1.82, 2.24) is 14.6 Å². The summed E-state index contributed by atoms with van der Waals surface area (Å²) in [7, 11) is 1.63. The molecule has 1 aromatic carbocycles. The van der Waals surface area contributed by atoms with Gasteiger partial charge in [-0.2, -0.15) is 9.61 Å². The third kappa shape index (κ3) is 2.79. The largest absolute Gasteiger partial charge is 0.496 e. The lowest BCUT2D eigenvalue weighted by Crippen LogP contribution is -2.35. The number of ether oxygens (including phenoxy) is 1. The minimum atomic E-state index is -0.870. The summed E-state index contributed by atoms with van der Waals surface area (Å²) in [5.74, 6) is 1.22. The van der Waals surface area contributed by atoms with Gasteiger partial charge < -0.3 is 20.3 Å². The number of aliphatic hydroxyl groups is 2. The fraction of sp³-hybridized carbons (Fsp3) is 0.316. The van der Waals surface area contributed by atoms with E-state index >= 15 is 0 Å². The van der Waals surface area contributed by atoms with Crippen molar-refractivity contribution in [3.05, 3.63) is 49.5 Å². The van der Waals surface area contributed by atoms with Gasteiger partial charge in [0.05, 0.1) is 24.9 Å². The smallest absolute Gasteiger partial charge is 0.157 e. The summed E-state index contributed by atoms with van der Waals surface area (Å²) >= 11 is 0. The molecule has 0 bridgehead atoms. The molecular formula is C19H21N4O3. The minimum absolute atomic E-state index is 0.207. The molecule has 7 heteroatoms. The maximum absolute atomic E-state index is 10.2. The van der Waals surface area contributed by atoms with Gasteiger partial charge in [-0.25, -0.2) is 4.98 Å². The Balaban J connectivity index is 1.70. The summed E-state index contributed by atoms with van der Waals surface area (Å²) in [5, 5.41) is 28.1. The molecule has 7 nitrogen and oxygen atoms in total. The first-order chi connectivity index (χ1) is 12.6. The van der Waals surface area contributed by atoms with Crippen molar-refractivity contribution in [1.29, 1.82) is 0 Å². The standard InChI is InChI=1S/C19H21N4O3/c1-11-9-14(19(25)18(11)24)21-16-7-8-20-17-10-13(22-23(16)17)12-5-3-4-6-15(12)26-2/h3-8,10-11,14,18-19,21,24-25H,1,9H2,2H3/t11-,14-,18-,19+/m1/s1. The van der Waals surface area contributed by atoms with Gasteiger partial charge in [0.2, 0.25) is 0 Å². The lowest BCUT2D eigenvalue weighted by molar-refractivity contribution is 0.0256. The number of para-hydroxylation sites is 1. The molecule has 4 rings (SSSR count). The van der Waals surface area contributed by atoms with E-state index in [9.17, 15) is 10.2 Å². The van der Waals surface area contributed by atoms with Crippen molar-refractivity contribution in [2.75, 3.05) is 12.4 Å². The van der Waals surface area contributed by atoms with Gasteiger partial charge in [0.25, 0.3) is 0 Å². The second-order valence-electron chi connectivity index (χ2n) is 6.56. The molecule has 0 spiro atoms. The first-order valence-electron chi connectivity index (χ1n) is 8.52. The van der Waals surface area contributed by atoms with Crippen LogP contribution in [0, 0.1) is 12.8 Å². The van der Waals surface area contributed by atoms with Crippen molar-refractivity contribution >= 4 is 11.5 Å². The number of aromatic nitrogens is 3. The average molecular weight is 353 g/mol. The monoisotopic (exact) mass is 353 g/mol. The summed E-state index contributed by atoms with van der Waals surface area (Å²) in [6, 6.07) is 11.0. The number of methoxy groups -OCH3 is 1. The molecule has 135 valence electrons. The van der Waals surface area contributed by atoms with Gasteiger partial charge in [-0.3, -0.25) is 0 Å². The van der Waals surface area contributed by atoms with Gasteiger partial charge in [-0.05, 0) is 37.5 Å². The Bertz CT molecular complexity index is 926. The zero-order chi connectivity index (χ0) is 18.3.